The number of para-hydroxylation sites is 1. The van der Waals surface area contributed by atoms with Crippen molar-refractivity contribution in [2.75, 3.05) is 0 Å². The first-order valence-corrected chi connectivity index (χ1v) is 4.47. The molecule has 0 bridgehead atoms. The molecule has 2 aromatic rings. The van der Waals surface area contributed by atoms with E-state index < -0.39 is 0 Å². The van der Waals surface area contributed by atoms with Gasteiger partial charge in [0, 0.05) is 0 Å². The maximum absolute atomic E-state index is 5.57. The number of benzene rings is 1. The summed E-state index contributed by atoms with van der Waals surface area (Å²) in [4.78, 5) is 3.84. The van der Waals surface area contributed by atoms with Gasteiger partial charge in [0.05, 0.1) is 0 Å². The lowest BCUT2D eigenvalue weighted by Gasteiger charge is -2.12. The van der Waals surface area contributed by atoms with Gasteiger partial charge in [0.2, 0.25) is 0 Å². The third-order valence-corrected chi connectivity index (χ3v) is 1.78. The fourth-order valence-corrected chi connectivity index (χ4v) is 1.11. The molecule has 0 spiro atoms. The second kappa shape index (κ2) is 4.41. The van der Waals surface area contributed by atoms with Crippen molar-refractivity contribution < 1.29 is 4.74 Å². The fourth-order valence-electron chi connectivity index (χ4n) is 1.11. The van der Waals surface area contributed by atoms with Crippen molar-refractivity contribution in [2.45, 2.75) is 0 Å². The van der Waals surface area contributed by atoms with Crippen molar-refractivity contribution in [2.24, 2.45) is 0 Å². The number of aromatic nitrogens is 3. The van der Waals surface area contributed by atoms with E-state index in [0.717, 1.165) is 5.75 Å². The van der Waals surface area contributed by atoms with Crippen molar-refractivity contribution in [3.05, 3.63) is 61.9 Å². The number of rotatable bonds is 4. The van der Waals surface area contributed by atoms with E-state index in [-0.39, 0.29) is 0 Å². The first-order valence-electron chi connectivity index (χ1n) is 4.47. The molecule has 1 aromatic carbocycles. The number of nitrogens with zero attached hydrogens (tertiary/aromatic N) is 3. The lowest BCUT2D eigenvalue weighted by molar-refractivity contribution is 0.308. The molecule has 75 valence electrons. The molecular formula is C11H10N3O. The zero-order valence-electron chi connectivity index (χ0n) is 8.08. The monoisotopic (exact) mass is 200 g/mol. The van der Waals surface area contributed by atoms with Crippen molar-refractivity contribution >= 4 is 0 Å². The van der Waals surface area contributed by atoms with Crippen LogP contribution in [0.15, 0.2) is 55.6 Å². The molecule has 0 aliphatic rings. The summed E-state index contributed by atoms with van der Waals surface area (Å²) in [6, 6.07) is 9.45. The first-order chi connectivity index (χ1) is 7.40. The van der Waals surface area contributed by atoms with Crippen LogP contribution in [-0.4, -0.2) is 14.8 Å². The van der Waals surface area contributed by atoms with Crippen LogP contribution in [0.5, 0.6) is 5.75 Å². The summed E-state index contributed by atoms with van der Waals surface area (Å²) in [5.41, 5.74) is 0. The lowest BCUT2D eigenvalue weighted by atomic mass is 10.3. The second-order valence-corrected chi connectivity index (χ2v) is 2.80. The van der Waals surface area contributed by atoms with Crippen molar-refractivity contribution in [3.63, 3.8) is 0 Å². The Hall–Kier alpha value is -2.10. The molecule has 1 radical (unpaired) electrons. The SMILES string of the molecule is C=C[C](Oc1ccccc1)n1cncn1. The van der Waals surface area contributed by atoms with Crippen LogP contribution in [0.1, 0.15) is 0 Å². The fraction of sp³-hybridized carbons (Fsp3) is 0. The van der Waals surface area contributed by atoms with Crippen LogP contribution in [0.2, 0.25) is 0 Å². The zero-order valence-corrected chi connectivity index (χ0v) is 8.08. The maximum Gasteiger partial charge on any atom is 0.286 e. The Kier molecular flexibility index (Phi) is 2.78. The van der Waals surface area contributed by atoms with Crippen LogP contribution in [0.4, 0.5) is 0 Å². The molecule has 4 nitrogen and oxygen atoms in total. The van der Waals surface area contributed by atoms with Crippen LogP contribution in [0, 0.1) is 6.23 Å². The third-order valence-electron chi connectivity index (χ3n) is 1.78. The predicted octanol–water partition coefficient (Wildman–Crippen LogP) is 1.88. The summed E-state index contributed by atoms with van der Waals surface area (Å²) in [5.74, 6) is 0.739. The smallest absolute Gasteiger partial charge is 0.286 e. The molecule has 4 heteroatoms. The van der Waals surface area contributed by atoms with E-state index in [0.29, 0.717) is 6.23 Å². The van der Waals surface area contributed by atoms with Gasteiger partial charge in [0.25, 0.3) is 6.23 Å². The minimum atomic E-state index is 0.527. The first kappa shape index (κ1) is 9.45. The van der Waals surface area contributed by atoms with E-state index >= 15 is 0 Å². The van der Waals surface area contributed by atoms with E-state index in [9.17, 15) is 0 Å². The van der Waals surface area contributed by atoms with Gasteiger partial charge in [-0.15, -0.1) is 0 Å². The van der Waals surface area contributed by atoms with Crippen molar-refractivity contribution in [1.82, 2.24) is 14.8 Å². The second-order valence-electron chi connectivity index (χ2n) is 2.80. The van der Waals surface area contributed by atoms with Gasteiger partial charge in [-0.3, -0.25) is 0 Å². The van der Waals surface area contributed by atoms with Crippen LogP contribution in [-0.2, 0) is 0 Å². The Labute approximate surface area is 87.8 Å². The van der Waals surface area contributed by atoms with E-state index in [2.05, 4.69) is 16.7 Å². The average Bonchev–Trinajstić information content (AvgIpc) is 2.81. The number of hydrogen-bond donors (Lipinski definition) is 0. The quantitative estimate of drug-likeness (QED) is 0.756. The Morgan fingerprint density at radius 2 is 2.13 bits per heavy atom. The van der Waals surface area contributed by atoms with Crippen molar-refractivity contribution in [3.8, 4) is 5.75 Å². The molecule has 0 amide bonds. The summed E-state index contributed by atoms with van der Waals surface area (Å²) in [7, 11) is 0. The molecule has 0 fully saturated rings. The van der Waals surface area contributed by atoms with Gasteiger partial charge in [-0.2, -0.15) is 5.10 Å². The highest BCUT2D eigenvalue weighted by molar-refractivity contribution is 5.23. The highest BCUT2D eigenvalue weighted by Gasteiger charge is 2.10. The van der Waals surface area contributed by atoms with Crippen LogP contribution in [0.3, 0.4) is 0 Å². The molecule has 0 unspecified atom stereocenters. The third kappa shape index (κ3) is 2.22. The van der Waals surface area contributed by atoms with E-state index in [1.165, 1.54) is 11.0 Å². The van der Waals surface area contributed by atoms with Gasteiger partial charge < -0.3 is 4.74 Å². The highest BCUT2D eigenvalue weighted by Crippen LogP contribution is 2.15. The van der Waals surface area contributed by atoms with Gasteiger partial charge in [0.15, 0.2) is 0 Å². The molecule has 2 rings (SSSR count). The van der Waals surface area contributed by atoms with Gasteiger partial charge in [-0.25, -0.2) is 9.67 Å². The topological polar surface area (TPSA) is 39.9 Å². The van der Waals surface area contributed by atoms with Gasteiger partial charge >= 0.3 is 0 Å². The zero-order chi connectivity index (χ0) is 10.5. The molecule has 0 saturated heterocycles. The normalized spacial score (nSPS) is 10.2. The molecule has 1 aromatic heterocycles. The molecule has 0 aliphatic carbocycles. The van der Waals surface area contributed by atoms with Crippen LogP contribution < -0.4 is 4.74 Å². The summed E-state index contributed by atoms with van der Waals surface area (Å²) in [6.45, 7) is 3.66. The molecule has 0 aliphatic heterocycles. The summed E-state index contributed by atoms with van der Waals surface area (Å²) >= 11 is 0. The number of hydrogen-bond acceptors (Lipinski definition) is 3. The van der Waals surface area contributed by atoms with Gasteiger partial charge in [-0.05, 0) is 18.2 Å². The lowest BCUT2D eigenvalue weighted by Crippen LogP contribution is -2.14. The van der Waals surface area contributed by atoms with Crippen LogP contribution in [0.25, 0.3) is 0 Å². The molecule has 1 heterocycles. The van der Waals surface area contributed by atoms with Crippen LogP contribution >= 0.6 is 0 Å². The van der Waals surface area contributed by atoms with Gasteiger partial charge in [-0.1, -0.05) is 24.8 Å². The summed E-state index contributed by atoms with van der Waals surface area (Å²) in [5, 5.41) is 3.96. The largest absolute Gasteiger partial charge is 0.456 e. The Morgan fingerprint density at radius 1 is 1.33 bits per heavy atom. The average molecular weight is 200 g/mol. The van der Waals surface area contributed by atoms with E-state index in [4.69, 9.17) is 4.74 Å². The number of ether oxygens (including phenoxy) is 1. The predicted molar refractivity (Wildman–Crippen MR) is 55.9 cm³/mol. The minimum Gasteiger partial charge on any atom is -0.456 e. The Balaban J connectivity index is 2.13. The molecule has 0 N–H and O–H groups in total. The Bertz CT molecular complexity index is 411. The van der Waals surface area contributed by atoms with Gasteiger partial charge in [0.1, 0.15) is 18.4 Å². The molecule has 0 saturated carbocycles. The van der Waals surface area contributed by atoms with E-state index in [1.54, 1.807) is 12.4 Å². The summed E-state index contributed by atoms with van der Waals surface area (Å²) in [6.07, 6.45) is 5.11. The molecule has 15 heavy (non-hydrogen) atoms. The molecule has 0 atom stereocenters. The van der Waals surface area contributed by atoms with E-state index in [1.807, 2.05) is 30.3 Å². The van der Waals surface area contributed by atoms with Crippen molar-refractivity contribution in [1.29, 1.82) is 0 Å². The Morgan fingerprint density at radius 3 is 2.73 bits per heavy atom. The standard InChI is InChI=1S/C11H10N3O/c1-2-11(14-9-12-8-13-14)15-10-6-4-3-5-7-10/h2-9H,1H2. The maximum atomic E-state index is 5.57. The summed E-state index contributed by atoms with van der Waals surface area (Å²) < 4.78 is 7.08. The highest BCUT2D eigenvalue weighted by atomic mass is 16.5. The molecular weight excluding hydrogens is 190 g/mol. The minimum absolute atomic E-state index is 0.527.